The molecule has 60 valence electrons. The van der Waals surface area contributed by atoms with Gasteiger partial charge in [0.25, 0.3) is 5.95 Å². The molecule has 1 aromatic heterocycles. The molecular weight excluding hydrogens is 202 g/mol. The van der Waals surface area contributed by atoms with Crippen LogP contribution in [-0.4, -0.2) is 4.98 Å². The van der Waals surface area contributed by atoms with Crippen molar-refractivity contribution in [2.75, 3.05) is 0 Å². The Balaban J connectivity index is 3.46. The molecule has 0 amide bonds. The van der Waals surface area contributed by atoms with Gasteiger partial charge in [0.05, 0.1) is 0 Å². The van der Waals surface area contributed by atoms with Crippen molar-refractivity contribution >= 4 is 23.2 Å². The first kappa shape index (κ1) is 8.62. The Morgan fingerprint density at radius 3 is 2.09 bits per heavy atom. The first-order chi connectivity index (χ1) is 5.04. The highest BCUT2D eigenvalue weighted by molar-refractivity contribution is 6.41. The fraction of sp³-hybridized carbons (Fsp3) is 0. The van der Waals surface area contributed by atoms with E-state index in [0.29, 0.717) is 0 Å². The molecule has 0 spiro atoms. The third-order valence-electron chi connectivity index (χ3n) is 0.944. The average Bonchev–Trinajstić information content (AvgIpc) is 1.97. The maximum absolute atomic E-state index is 12.4. The molecule has 0 N–H and O–H groups in total. The fourth-order valence-corrected chi connectivity index (χ4v) is 0.744. The lowest BCUT2D eigenvalue weighted by Gasteiger charge is -1.97. The Kier molecular flexibility index (Phi) is 2.25. The van der Waals surface area contributed by atoms with Gasteiger partial charge in [-0.3, -0.25) is 0 Å². The van der Waals surface area contributed by atoms with E-state index >= 15 is 0 Å². The van der Waals surface area contributed by atoms with Gasteiger partial charge in [0.2, 0.25) is 5.82 Å². The number of hydrogen-bond donors (Lipinski definition) is 0. The van der Waals surface area contributed by atoms with Gasteiger partial charge in [-0.15, -0.1) is 0 Å². The van der Waals surface area contributed by atoms with E-state index in [-0.39, 0.29) is 0 Å². The topological polar surface area (TPSA) is 12.9 Å². The molecule has 0 unspecified atom stereocenters. The molecule has 0 aliphatic heterocycles. The minimum Gasteiger partial charge on any atom is -0.203 e. The largest absolute Gasteiger partial charge is 0.253 e. The fourth-order valence-electron chi connectivity index (χ4n) is 0.462. The normalized spacial score (nSPS) is 10.3. The zero-order valence-electron chi connectivity index (χ0n) is 4.84. The first-order valence-corrected chi connectivity index (χ1v) is 3.15. The summed E-state index contributed by atoms with van der Waals surface area (Å²) < 4.78 is 36.7. The number of pyridine rings is 1. The number of halogens is 5. The second kappa shape index (κ2) is 2.87. The summed E-state index contributed by atoms with van der Waals surface area (Å²) in [4.78, 5) is 2.79. The summed E-state index contributed by atoms with van der Waals surface area (Å²) in [6, 6.07) is 0. The Morgan fingerprint density at radius 1 is 1.00 bits per heavy atom. The van der Waals surface area contributed by atoms with E-state index in [4.69, 9.17) is 23.2 Å². The summed E-state index contributed by atoms with van der Waals surface area (Å²) in [7, 11) is 0. The molecule has 1 heterocycles. The lowest BCUT2D eigenvalue weighted by Crippen LogP contribution is -1.96. The predicted octanol–water partition coefficient (Wildman–Crippen LogP) is 2.81. The van der Waals surface area contributed by atoms with E-state index in [0.717, 1.165) is 0 Å². The average molecular weight is 202 g/mol. The summed E-state index contributed by atoms with van der Waals surface area (Å²) in [5, 5.41) is -1.31. The number of aromatic nitrogens is 1. The van der Waals surface area contributed by atoms with Gasteiger partial charge in [0.15, 0.2) is 11.0 Å². The van der Waals surface area contributed by atoms with Gasteiger partial charge >= 0.3 is 0 Å². The zero-order chi connectivity index (χ0) is 8.59. The molecule has 0 saturated carbocycles. The second-order valence-electron chi connectivity index (χ2n) is 1.64. The van der Waals surface area contributed by atoms with Gasteiger partial charge in [-0.05, 0) is 0 Å². The minimum atomic E-state index is -1.72. The highest BCUT2D eigenvalue weighted by Gasteiger charge is 2.17. The van der Waals surface area contributed by atoms with Crippen LogP contribution in [0.5, 0.6) is 0 Å². The molecule has 1 aromatic rings. The standard InChI is InChI=1S/C5Cl2F3N/c6-1-2(8)3(9)5(10)11-4(1)7. The Labute approximate surface area is 69.8 Å². The highest BCUT2D eigenvalue weighted by atomic mass is 35.5. The first-order valence-electron chi connectivity index (χ1n) is 2.39. The second-order valence-corrected chi connectivity index (χ2v) is 2.37. The van der Waals surface area contributed by atoms with Gasteiger partial charge in [0, 0.05) is 0 Å². The highest BCUT2D eigenvalue weighted by Crippen LogP contribution is 2.25. The summed E-state index contributed by atoms with van der Waals surface area (Å²) in [5.74, 6) is -4.85. The quantitative estimate of drug-likeness (QED) is 0.589. The van der Waals surface area contributed by atoms with Gasteiger partial charge in [0.1, 0.15) is 5.02 Å². The van der Waals surface area contributed by atoms with Crippen LogP contribution in [0.3, 0.4) is 0 Å². The van der Waals surface area contributed by atoms with Crippen LogP contribution in [0.2, 0.25) is 10.2 Å². The van der Waals surface area contributed by atoms with E-state index in [2.05, 4.69) is 4.98 Å². The van der Waals surface area contributed by atoms with Crippen LogP contribution >= 0.6 is 23.2 Å². The molecule has 0 aliphatic carbocycles. The molecule has 0 aliphatic rings. The van der Waals surface area contributed by atoms with E-state index < -0.39 is 27.8 Å². The third-order valence-corrected chi connectivity index (χ3v) is 1.66. The monoisotopic (exact) mass is 201 g/mol. The van der Waals surface area contributed by atoms with Crippen molar-refractivity contribution in [3.05, 3.63) is 27.8 Å². The molecule has 0 bridgehead atoms. The molecule has 0 aromatic carbocycles. The number of hydrogen-bond acceptors (Lipinski definition) is 1. The van der Waals surface area contributed by atoms with Gasteiger partial charge in [-0.1, -0.05) is 23.2 Å². The van der Waals surface area contributed by atoms with E-state index in [1.165, 1.54) is 0 Å². The summed E-state index contributed by atoms with van der Waals surface area (Å²) in [6.45, 7) is 0. The summed E-state index contributed by atoms with van der Waals surface area (Å²) in [5.41, 5.74) is 0. The Hall–Kier alpha value is -0.480. The van der Waals surface area contributed by atoms with Crippen LogP contribution < -0.4 is 0 Å². The molecule has 1 rings (SSSR count). The van der Waals surface area contributed by atoms with Crippen LogP contribution in [0.4, 0.5) is 13.2 Å². The molecule has 0 saturated heterocycles. The lowest BCUT2D eigenvalue weighted by atomic mass is 10.4. The maximum atomic E-state index is 12.4. The van der Waals surface area contributed by atoms with E-state index in [1.54, 1.807) is 0 Å². The van der Waals surface area contributed by atoms with Crippen molar-refractivity contribution in [1.82, 2.24) is 4.98 Å². The molecule has 1 nitrogen and oxygen atoms in total. The predicted molar refractivity (Wildman–Crippen MR) is 34.1 cm³/mol. The van der Waals surface area contributed by atoms with Crippen LogP contribution in [-0.2, 0) is 0 Å². The van der Waals surface area contributed by atoms with E-state index in [9.17, 15) is 13.2 Å². The molecule has 6 heteroatoms. The van der Waals surface area contributed by atoms with Crippen molar-refractivity contribution in [1.29, 1.82) is 0 Å². The van der Waals surface area contributed by atoms with Gasteiger partial charge in [-0.2, -0.15) is 8.78 Å². The molecule has 11 heavy (non-hydrogen) atoms. The third kappa shape index (κ3) is 1.41. The molecule has 0 fully saturated rings. The Morgan fingerprint density at radius 2 is 1.55 bits per heavy atom. The number of rotatable bonds is 0. The minimum absolute atomic E-state index is 0.594. The summed E-state index contributed by atoms with van der Waals surface area (Å²) in [6.07, 6.45) is 0. The van der Waals surface area contributed by atoms with Crippen LogP contribution in [0.25, 0.3) is 0 Å². The van der Waals surface area contributed by atoms with Crippen molar-refractivity contribution in [2.45, 2.75) is 0 Å². The van der Waals surface area contributed by atoms with Crippen molar-refractivity contribution in [2.24, 2.45) is 0 Å². The summed E-state index contributed by atoms with van der Waals surface area (Å²) >= 11 is 10.2. The zero-order valence-corrected chi connectivity index (χ0v) is 6.35. The smallest absolute Gasteiger partial charge is 0.203 e. The van der Waals surface area contributed by atoms with Crippen LogP contribution in [0, 0.1) is 17.6 Å². The van der Waals surface area contributed by atoms with Gasteiger partial charge in [-0.25, -0.2) is 9.37 Å². The maximum Gasteiger partial charge on any atom is 0.253 e. The SMILES string of the molecule is Fc1nc(Cl)c(Cl)c(F)c1F. The number of nitrogens with zero attached hydrogens (tertiary/aromatic N) is 1. The molecular formula is C5Cl2F3N. The van der Waals surface area contributed by atoms with E-state index in [1.807, 2.05) is 0 Å². The molecule has 0 radical (unpaired) electrons. The van der Waals surface area contributed by atoms with Crippen LogP contribution in [0.1, 0.15) is 0 Å². The molecule has 0 atom stereocenters. The Bertz CT molecular complexity index is 276. The van der Waals surface area contributed by atoms with Crippen LogP contribution in [0.15, 0.2) is 0 Å². The lowest BCUT2D eigenvalue weighted by molar-refractivity contribution is 0.427. The van der Waals surface area contributed by atoms with Gasteiger partial charge < -0.3 is 0 Å². The van der Waals surface area contributed by atoms with Crippen molar-refractivity contribution in [3.63, 3.8) is 0 Å². The van der Waals surface area contributed by atoms with Crippen molar-refractivity contribution in [3.8, 4) is 0 Å². The van der Waals surface area contributed by atoms with Crippen molar-refractivity contribution < 1.29 is 13.2 Å².